The van der Waals surface area contributed by atoms with Crippen molar-refractivity contribution in [1.29, 1.82) is 0 Å². The summed E-state index contributed by atoms with van der Waals surface area (Å²) in [4.78, 5) is 12.2. The quantitative estimate of drug-likeness (QED) is 0.252. The second-order valence-corrected chi connectivity index (χ2v) is 0.232. The van der Waals surface area contributed by atoms with E-state index in [4.69, 9.17) is 4.79 Å². The van der Waals surface area contributed by atoms with Gasteiger partial charge in [-0.15, -0.1) is 0 Å². The van der Waals surface area contributed by atoms with E-state index in [1.165, 1.54) is 0 Å². The summed E-state index contributed by atoms with van der Waals surface area (Å²) in [5, 5.41) is 0. The van der Waals surface area contributed by atoms with Crippen LogP contribution in [0.5, 0.6) is 0 Å². The molecule has 0 saturated carbocycles. The van der Waals surface area contributed by atoms with E-state index in [-0.39, 0.29) is 26.3 Å². The van der Waals surface area contributed by atoms with Gasteiger partial charge in [0.15, 0.2) is 0 Å². The Morgan fingerprint density at radius 3 is 2.00 bits per heavy atom. The fourth-order valence-electron chi connectivity index (χ4n) is 0. The molecule has 0 aliphatic rings. The molecule has 0 aliphatic heterocycles. The summed E-state index contributed by atoms with van der Waals surface area (Å²) >= 11 is 0. The van der Waals surface area contributed by atoms with E-state index in [9.17, 15) is 0 Å². The fourth-order valence-corrected chi connectivity index (χ4v) is 0. The van der Waals surface area contributed by atoms with Gasteiger partial charge in [-0.1, -0.05) is 0 Å². The van der Waals surface area contributed by atoms with Crippen LogP contribution in [0.15, 0.2) is 0 Å². The van der Waals surface area contributed by atoms with Crippen molar-refractivity contribution in [3.05, 3.63) is 0 Å². The molecular formula is CH6GaNO2. The minimum absolute atomic E-state index is 0. The number of carbonyl (C=O) groups is 1. The van der Waals surface area contributed by atoms with Gasteiger partial charge in [0.1, 0.15) is 0 Å². The van der Waals surface area contributed by atoms with Crippen molar-refractivity contribution in [3.8, 4) is 0 Å². The van der Waals surface area contributed by atoms with Gasteiger partial charge in [0, 0.05) is 0 Å². The predicted octanol–water partition coefficient (Wildman–Crippen LogP) is -2.15. The van der Waals surface area contributed by atoms with Crippen molar-refractivity contribution in [1.82, 2.24) is 0 Å². The van der Waals surface area contributed by atoms with E-state index >= 15 is 0 Å². The molecule has 0 amide bonds. The molecule has 0 heterocycles. The van der Waals surface area contributed by atoms with Gasteiger partial charge in [0.25, 0.3) is 0 Å². The van der Waals surface area contributed by atoms with Crippen LogP contribution in [0.1, 0.15) is 0 Å². The Balaban J connectivity index is 0. The molecule has 4 heteroatoms. The fraction of sp³-hybridized carbons (Fsp3) is 0. The van der Waals surface area contributed by atoms with Crippen molar-refractivity contribution in [2.24, 2.45) is 5.90 Å². The molecule has 0 aromatic carbocycles. The van der Waals surface area contributed by atoms with Gasteiger partial charge in [0.2, 0.25) is 0 Å². The van der Waals surface area contributed by atoms with Crippen molar-refractivity contribution in [2.75, 3.05) is 0 Å². The van der Waals surface area contributed by atoms with E-state index in [1.807, 2.05) is 0 Å². The Bertz CT molecular complexity index is 23.6. The Morgan fingerprint density at radius 1 is 1.80 bits per heavy atom. The van der Waals surface area contributed by atoms with E-state index in [2.05, 4.69) is 10.7 Å². The molecule has 0 atom stereocenters. The third-order valence-electron chi connectivity index (χ3n) is 0.0556. The van der Waals surface area contributed by atoms with Crippen LogP contribution >= 0.6 is 0 Å². The number of hydrogen-bond donors (Lipinski definition) is 1. The Morgan fingerprint density at radius 2 is 2.00 bits per heavy atom. The van der Waals surface area contributed by atoms with Gasteiger partial charge < -0.3 is 4.84 Å². The first-order valence-electron chi connectivity index (χ1n) is 0.707. The molecule has 2 N–H and O–H groups in total. The third-order valence-corrected chi connectivity index (χ3v) is 0.0556. The summed E-state index contributed by atoms with van der Waals surface area (Å²) in [5.41, 5.74) is 0. The van der Waals surface area contributed by atoms with Crippen LogP contribution in [-0.4, -0.2) is 26.3 Å². The molecule has 30 valence electrons. The summed E-state index contributed by atoms with van der Waals surface area (Å²) in [6.45, 7) is 0.153. The molecule has 0 fully saturated rings. The standard InChI is InChI=1S/CH3NO2.Ga.3H/c2-4-1-3;;;;/h1H,2H2;;;;. The van der Waals surface area contributed by atoms with Gasteiger partial charge in [-0.25, -0.2) is 0 Å². The molecule has 0 unspecified atom stereocenters. The summed E-state index contributed by atoms with van der Waals surface area (Å²) in [6, 6.07) is 0. The third kappa shape index (κ3) is 15.3. The molecule has 3 nitrogen and oxygen atoms in total. The second-order valence-electron chi connectivity index (χ2n) is 0.232. The molecule has 0 radical (unpaired) electrons. The molecule has 0 aromatic heterocycles. The maximum absolute atomic E-state index is 8.83. The number of rotatable bonds is 1. The molecule has 0 aliphatic carbocycles. The first kappa shape index (κ1) is 8.91. The summed E-state index contributed by atoms with van der Waals surface area (Å²) in [5.74, 6) is 4.16. The molecular weight excluding hydrogens is 128 g/mol. The second kappa shape index (κ2) is 8.95. The molecule has 0 bridgehead atoms. The molecule has 0 aromatic rings. The van der Waals surface area contributed by atoms with Crippen LogP contribution in [0.3, 0.4) is 0 Å². The van der Waals surface area contributed by atoms with Crippen molar-refractivity contribution in [3.63, 3.8) is 0 Å². The first-order valence-corrected chi connectivity index (χ1v) is 0.707. The monoisotopic (exact) mass is 133 g/mol. The predicted molar refractivity (Wildman–Crippen MR) is 21.3 cm³/mol. The van der Waals surface area contributed by atoms with Crippen LogP contribution in [0, 0.1) is 0 Å². The zero-order chi connectivity index (χ0) is 3.41. The average molecular weight is 134 g/mol. The number of carbonyl (C=O) groups excluding carboxylic acids is 1. The number of hydrogen-bond acceptors (Lipinski definition) is 3. The van der Waals surface area contributed by atoms with Crippen LogP contribution < -0.4 is 5.90 Å². The molecule has 0 saturated heterocycles. The average Bonchev–Trinajstić information content (AvgIpc) is 1.37. The maximum atomic E-state index is 8.83. The minimum atomic E-state index is 0. The molecule has 5 heavy (non-hydrogen) atoms. The Kier molecular flexibility index (Phi) is 16.0. The van der Waals surface area contributed by atoms with Gasteiger partial charge in [-0.3, -0.25) is 4.79 Å². The van der Waals surface area contributed by atoms with Gasteiger partial charge in [-0.05, 0) is 0 Å². The molecule has 0 rings (SSSR count). The zero-order valence-corrected chi connectivity index (χ0v) is 1.97. The van der Waals surface area contributed by atoms with Crippen LogP contribution in [0.4, 0.5) is 0 Å². The zero-order valence-electron chi connectivity index (χ0n) is 1.97. The summed E-state index contributed by atoms with van der Waals surface area (Å²) in [6.07, 6.45) is 0. The molecule has 0 spiro atoms. The summed E-state index contributed by atoms with van der Waals surface area (Å²) < 4.78 is 0. The van der Waals surface area contributed by atoms with E-state index in [0.29, 0.717) is 0 Å². The van der Waals surface area contributed by atoms with Gasteiger partial charge >= 0.3 is 26.3 Å². The summed E-state index contributed by atoms with van der Waals surface area (Å²) in [7, 11) is 0. The Hall–Kier alpha value is 0.0664. The number of nitrogens with two attached hydrogens (primary N) is 1. The van der Waals surface area contributed by atoms with Crippen molar-refractivity contribution >= 4 is 26.3 Å². The van der Waals surface area contributed by atoms with Crippen LogP contribution in [-0.2, 0) is 9.63 Å². The van der Waals surface area contributed by atoms with Crippen LogP contribution in [0.2, 0.25) is 0 Å². The Labute approximate surface area is 42.5 Å². The first-order chi connectivity index (χ1) is 1.91. The van der Waals surface area contributed by atoms with Gasteiger partial charge in [0.05, 0.1) is 0 Å². The van der Waals surface area contributed by atoms with Gasteiger partial charge in [-0.2, -0.15) is 5.90 Å². The van der Waals surface area contributed by atoms with E-state index in [1.54, 1.807) is 0 Å². The van der Waals surface area contributed by atoms with Crippen LogP contribution in [0.25, 0.3) is 0 Å². The topological polar surface area (TPSA) is 52.3 Å². The van der Waals surface area contributed by atoms with Crippen molar-refractivity contribution < 1.29 is 9.63 Å². The van der Waals surface area contributed by atoms with Crippen molar-refractivity contribution in [2.45, 2.75) is 0 Å². The van der Waals surface area contributed by atoms with E-state index < -0.39 is 0 Å². The van der Waals surface area contributed by atoms with E-state index in [0.717, 1.165) is 0 Å². The normalized spacial score (nSPS) is 4.20. The SMILES string of the molecule is NOC=O.[GaH3].